The summed E-state index contributed by atoms with van der Waals surface area (Å²) in [7, 11) is 0. The third kappa shape index (κ3) is 2.55. The van der Waals surface area contributed by atoms with Crippen LogP contribution in [-0.2, 0) is 16.6 Å². The molecule has 1 aliphatic carbocycles. The van der Waals surface area contributed by atoms with E-state index in [0.717, 1.165) is 54.7 Å². The highest BCUT2D eigenvalue weighted by atomic mass is 16.2. The Morgan fingerprint density at radius 2 is 1.69 bits per heavy atom. The van der Waals surface area contributed by atoms with Crippen LogP contribution in [0.4, 0.5) is 0 Å². The topological polar surface area (TPSA) is 46.1 Å². The van der Waals surface area contributed by atoms with Crippen molar-refractivity contribution in [2.24, 2.45) is 0 Å². The molecular formula is C25H23N3O. The molecule has 1 amide bonds. The lowest BCUT2D eigenvalue weighted by Crippen LogP contribution is -2.47. The standard InChI is InChI=1S/C25H23N3O/c29-24(25(13-14-25)18-9-5-2-6-10-18)28-19-11-12-22(28)20-16-26-23(27-21(20)15-19)17-7-3-1-4-8-17/h1-10,16,19,22H,11-15H2. The molecule has 4 heteroatoms. The lowest BCUT2D eigenvalue weighted by molar-refractivity contribution is -0.137. The molecule has 2 aromatic carbocycles. The average molecular weight is 381 g/mol. The van der Waals surface area contributed by atoms with Gasteiger partial charge in [-0.3, -0.25) is 4.79 Å². The Kier molecular flexibility index (Phi) is 3.64. The molecule has 1 saturated carbocycles. The second-order valence-electron chi connectivity index (χ2n) is 8.57. The molecule has 0 spiro atoms. The van der Waals surface area contributed by atoms with Crippen LogP contribution in [0.5, 0.6) is 0 Å². The number of amides is 1. The third-order valence-electron chi connectivity index (χ3n) is 6.94. The summed E-state index contributed by atoms with van der Waals surface area (Å²) >= 11 is 0. The summed E-state index contributed by atoms with van der Waals surface area (Å²) in [6, 6.07) is 20.9. The van der Waals surface area contributed by atoms with Crippen LogP contribution in [0.1, 0.15) is 48.5 Å². The molecule has 2 atom stereocenters. The van der Waals surface area contributed by atoms with Crippen molar-refractivity contribution in [3.8, 4) is 11.4 Å². The summed E-state index contributed by atoms with van der Waals surface area (Å²) in [5, 5.41) is 0. The molecular weight excluding hydrogens is 358 g/mol. The Bertz CT molecular complexity index is 1080. The van der Waals surface area contributed by atoms with Crippen LogP contribution in [-0.4, -0.2) is 26.8 Å². The normalized spacial score (nSPS) is 23.5. The first-order chi connectivity index (χ1) is 14.3. The fourth-order valence-electron chi connectivity index (χ4n) is 5.27. The molecule has 2 aliphatic heterocycles. The van der Waals surface area contributed by atoms with Crippen molar-refractivity contribution < 1.29 is 4.79 Å². The summed E-state index contributed by atoms with van der Waals surface area (Å²) < 4.78 is 0. The van der Waals surface area contributed by atoms with Gasteiger partial charge in [0.15, 0.2) is 5.82 Å². The van der Waals surface area contributed by atoms with Gasteiger partial charge in [-0.05, 0) is 31.2 Å². The van der Waals surface area contributed by atoms with E-state index in [2.05, 4.69) is 22.0 Å². The monoisotopic (exact) mass is 381 g/mol. The zero-order chi connectivity index (χ0) is 19.4. The maximum absolute atomic E-state index is 13.7. The molecule has 1 saturated heterocycles. The van der Waals surface area contributed by atoms with Gasteiger partial charge < -0.3 is 4.90 Å². The van der Waals surface area contributed by atoms with E-state index in [1.54, 1.807) is 0 Å². The molecule has 2 bridgehead atoms. The van der Waals surface area contributed by atoms with Gasteiger partial charge in [0.2, 0.25) is 5.91 Å². The summed E-state index contributed by atoms with van der Waals surface area (Å²) in [6.45, 7) is 0. The van der Waals surface area contributed by atoms with Gasteiger partial charge >= 0.3 is 0 Å². The second-order valence-corrected chi connectivity index (χ2v) is 8.57. The molecule has 29 heavy (non-hydrogen) atoms. The largest absolute Gasteiger partial charge is 0.331 e. The van der Waals surface area contributed by atoms with Gasteiger partial charge in [-0.1, -0.05) is 60.7 Å². The minimum absolute atomic E-state index is 0.127. The van der Waals surface area contributed by atoms with Gasteiger partial charge in [-0.2, -0.15) is 0 Å². The van der Waals surface area contributed by atoms with Crippen LogP contribution in [0.15, 0.2) is 66.9 Å². The maximum atomic E-state index is 13.7. The van der Waals surface area contributed by atoms with E-state index in [9.17, 15) is 4.79 Å². The number of hydrogen-bond donors (Lipinski definition) is 0. The van der Waals surface area contributed by atoms with Gasteiger partial charge in [0.1, 0.15) is 0 Å². The molecule has 3 aliphatic rings. The smallest absolute Gasteiger partial charge is 0.234 e. The highest BCUT2D eigenvalue weighted by Crippen LogP contribution is 2.53. The van der Waals surface area contributed by atoms with Crippen LogP contribution < -0.4 is 0 Å². The number of nitrogens with zero attached hydrogens (tertiary/aromatic N) is 3. The van der Waals surface area contributed by atoms with Crippen molar-refractivity contribution in [3.63, 3.8) is 0 Å². The molecule has 1 aromatic heterocycles. The van der Waals surface area contributed by atoms with E-state index >= 15 is 0 Å². The first-order valence-electron chi connectivity index (χ1n) is 10.6. The second kappa shape index (κ2) is 6.24. The van der Waals surface area contributed by atoms with E-state index in [4.69, 9.17) is 4.98 Å². The van der Waals surface area contributed by atoms with Crippen LogP contribution in [0.3, 0.4) is 0 Å². The number of carbonyl (C=O) groups is 1. The maximum Gasteiger partial charge on any atom is 0.234 e. The summed E-state index contributed by atoms with van der Waals surface area (Å²) in [5.74, 6) is 1.10. The van der Waals surface area contributed by atoms with E-state index in [0.29, 0.717) is 5.91 Å². The minimum atomic E-state index is -0.301. The van der Waals surface area contributed by atoms with Gasteiger partial charge in [0.25, 0.3) is 0 Å². The number of aromatic nitrogens is 2. The van der Waals surface area contributed by atoms with Crippen molar-refractivity contribution in [3.05, 3.63) is 83.7 Å². The van der Waals surface area contributed by atoms with E-state index in [1.807, 2.05) is 54.7 Å². The first-order valence-corrected chi connectivity index (χ1v) is 10.6. The van der Waals surface area contributed by atoms with Crippen LogP contribution >= 0.6 is 0 Å². The van der Waals surface area contributed by atoms with Crippen LogP contribution in [0, 0.1) is 0 Å². The third-order valence-corrected chi connectivity index (χ3v) is 6.94. The van der Waals surface area contributed by atoms with E-state index in [1.165, 1.54) is 5.56 Å². The predicted molar refractivity (Wildman–Crippen MR) is 111 cm³/mol. The zero-order valence-electron chi connectivity index (χ0n) is 16.3. The SMILES string of the molecule is O=C(N1C2CCC1c1cnc(-c3ccccc3)nc1C2)C1(c2ccccc2)CC1. The molecule has 2 fully saturated rings. The fourth-order valence-corrected chi connectivity index (χ4v) is 5.27. The molecule has 0 radical (unpaired) electrons. The molecule has 4 nitrogen and oxygen atoms in total. The van der Waals surface area contributed by atoms with Crippen molar-refractivity contribution in [1.29, 1.82) is 0 Å². The predicted octanol–water partition coefficient (Wildman–Crippen LogP) is 4.46. The number of carbonyl (C=O) groups excluding carboxylic acids is 1. The van der Waals surface area contributed by atoms with Crippen molar-refractivity contribution in [1.82, 2.24) is 14.9 Å². The van der Waals surface area contributed by atoms with E-state index < -0.39 is 0 Å². The van der Waals surface area contributed by atoms with Gasteiger partial charge in [-0.25, -0.2) is 9.97 Å². The molecule has 6 rings (SSSR count). The number of rotatable bonds is 3. The summed E-state index contributed by atoms with van der Waals surface area (Å²) in [5.41, 5.74) is 4.19. The fraction of sp³-hybridized carbons (Fsp3) is 0.320. The average Bonchev–Trinajstić information content (AvgIpc) is 3.53. The minimum Gasteiger partial charge on any atom is -0.331 e. The summed E-state index contributed by atoms with van der Waals surface area (Å²) in [4.78, 5) is 25.5. The van der Waals surface area contributed by atoms with Crippen molar-refractivity contribution in [2.75, 3.05) is 0 Å². The highest BCUT2D eigenvalue weighted by Gasteiger charge is 2.57. The van der Waals surface area contributed by atoms with E-state index in [-0.39, 0.29) is 17.5 Å². The quantitative estimate of drug-likeness (QED) is 0.673. The van der Waals surface area contributed by atoms with Gasteiger partial charge in [0, 0.05) is 29.8 Å². The van der Waals surface area contributed by atoms with Gasteiger partial charge in [0.05, 0.1) is 17.2 Å². The van der Waals surface area contributed by atoms with Gasteiger partial charge in [-0.15, -0.1) is 0 Å². The Labute approximate surface area is 170 Å². The number of fused-ring (bicyclic) bond motifs is 4. The first kappa shape index (κ1) is 16.9. The van der Waals surface area contributed by atoms with Crippen molar-refractivity contribution in [2.45, 2.75) is 49.6 Å². The zero-order valence-corrected chi connectivity index (χ0v) is 16.3. The van der Waals surface area contributed by atoms with Crippen LogP contribution in [0.2, 0.25) is 0 Å². The molecule has 144 valence electrons. The Morgan fingerprint density at radius 1 is 0.966 bits per heavy atom. The Balaban J connectivity index is 1.34. The lowest BCUT2D eigenvalue weighted by Gasteiger charge is -2.38. The molecule has 0 N–H and O–H groups in total. The summed E-state index contributed by atoms with van der Waals surface area (Å²) in [6.07, 6.45) is 6.80. The molecule has 2 unspecified atom stereocenters. The Hall–Kier alpha value is -3.01. The van der Waals surface area contributed by atoms with Crippen LogP contribution in [0.25, 0.3) is 11.4 Å². The lowest BCUT2D eigenvalue weighted by atomic mass is 9.91. The Morgan fingerprint density at radius 3 is 2.41 bits per heavy atom. The number of benzene rings is 2. The highest BCUT2D eigenvalue weighted by molar-refractivity contribution is 5.92. The molecule has 3 heterocycles. The molecule has 3 aromatic rings. The number of hydrogen-bond acceptors (Lipinski definition) is 3. The van der Waals surface area contributed by atoms with Crippen molar-refractivity contribution >= 4 is 5.91 Å².